The largest absolute Gasteiger partial charge is 0.367 e. The number of nitrogens with one attached hydrogen (secondary N) is 1. The molecular formula is C18H29ClN2. The molecule has 21 heavy (non-hydrogen) atoms. The Labute approximate surface area is 134 Å². The molecule has 2 nitrogen and oxygen atoms in total. The minimum absolute atomic E-state index is 0.651. The molecule has 1 N–H and O–H groups in total. The fraction of sp³-hybridized carbons (Fsp3) is 0.667. The average molecular weight is 309 g/mol. The maximum atomic E-state index is 6.55. The van der Waals surface area contributed by atoms with Crippen molar-refractivity contribution in [2.75, 3.05) is 18.0 Å². The minimum atomic E-state index is 0.651. The van der Waals surface area contributed by atoms with E-state index in [9.17, 15) is 0 Å². The molecule has 1 fully saturated rings. The van der Waals surface area contributed by atoms with Crippen molar-refractivity contribution in [2.45, 2.75) is 53.1 Å². The normalized spacial score (nSPS) is 15.0. The van der Waals surface area contributed by atoms with E-state index in [1.165, 1.54) is 24.1 Å². The van der Waals surface area contributed by atoms with Gasteiger partial charge < -0.3 is 10.2 Å². The third-order valence-electron chi connectivity index (χ3n) is 3.78. The summed E-state index contributed by atoms with van der Waals surface area (Å²) in [6, 6.07) is 7.00. The summed E-state index contributed by atoms with van der Waals surface area (Å²) in [7, 11) is 0. The number of anilines is 1. The first-order valence-electron chi connectivity index (χ1n) is 8.23. The smallest absolute Gasteiger partial charge is 0.0643 e. The van der Waals surface area contributed by atoms with Gasteiger partial charge in [-0.3, -0.25) is 0 Å². The number of hydrogen-bond donors (Lipinski definition) is 1. The average Bonchev–Trinajstić information content (AvgIpc) is 3.20. The van der Waals surface area contributed by atoms with Crippen LogP contribution in [0.1, 0.15) is 46.1 Å². The molecule has 1 saturated carbocycles. The van der Waals surface area contributed by atoms with E-state index in [0.717, 1.165) is 24.7 Å². The first-order chi connectivity index (χ1) is 9.99. The van der Waals surface area contributed by atoms with Crippen molar-refractivity contribution in [2.24, 2.45) is 11.8 Å². The molecule has 1 aromatic rings. The van der Waals surface area contributed by atoms with Crippen LogP contribution >= 0.6 is 11.6 Å². The van der Waals surface area contributed by atoms with Crippen molar-refractivity contribution < 1.29 is 0 Å². The molecule has 0 amide bonds. The number of benzene rings is 1. The SMILES string of the molecule is CC(C)CNCc1cccc(Cl)c1N(CC(C)C)C1CC1. The van der Waals surface area contributed by atoms with Gasteiger partial charge in [0, 0.05) is 19.1 Å². The van der Waals surface area contributed by atoms with E-state index in [2.05, 4.69) is 50.0 Å². The maximum absolute atomic E-state index is 6.55. The predicted octanol–water partition coefficient (Wildman–Crippen LogP) is 4.71. The monoisotopic (exact) mass is 308 g/mol. The lowest BCUT2D eigenvalue weighted by atomic mass is 10.1. The first-order valence-corrected chi connectivity index (χ1v) is 8.61. The van der Waals surface area contributed by atoms with Crippen molar-refractivity contribution in [1.82, 2.24) is 5.32 Å². The lowest BCUT2D eigenvalue weighted by molar-refractivity contribution is 0.550. The molecule has 0 aliphatic heterocycles. The fourth-order valence-electron chi connectivity index (χ4n) is 2.72. The van der Waals surface area contributed by atoms with E-state index >= 15 is 0 Å². The summed E-state index contributed by atoms with van der Waals surface area (Å²) in [5, 5.41) is 4.45. The topological polar surface area (TPSA) is 15.3 Å². The molecule has 1 aromatic carbocycles. The van der Waals surface area contributed by atoms with Crippen molar-refractivity contribution >= 4 is 17.3 Å². The molecule has 1 aliphatic carbocycles. The van der Waals surface area contributed by atoms with Crippen LogP contribution in [-0.4, -0.2) is 19.1 Å². The second-order valence-electron chi connectivity index (χ2n) is 7.05. The molecule has 0 heterocycles. The van der Waals surface area contributed by atoms with Gasteiger partial charge in [-0.05, 0) is 42.9 Å². The quantitative estimate of drug-likeness (QED) is 0.748. The van der Waals surface area contributed by atoms with Crippen LogP contribution in [0.25, 0.3) is 0 Å². The summed E-state index contributed by atoms with van der Waals surface area (Å²) in [6.45, 7) is 12.1. The molecule has 0 spiro atoms. The third kappa shape index (κ3) is 4.89. The van der Waals surface area contributed by atoms with Gasteiger partial charge in [0.25, 0.3) is 0 Å². The van der Waals surface area contributed by atoms with Crippen LogP contribution in [0, 0.1) is 11.8 Å². The summed E-state index contributed by atoms with van der Waals surface area (Å²) in [5.74, 6) is 1.32. The number of rotatable bonds is 8. The number of nitrogens with zero attached hydrogens (tertiary/aromatic N) is 1. The van der Waals surface area contributed by atoms with E-state index < -0.39 is 0 Å². The highest BCUT2D eigenvalue weighted by Gasteiger charge is 2.31. The highest BCUT2D eigenvalue weighted by atomic mass is 35.5. The summed E-state index contributed by atoms with van der Waals surface area (Å²) < 4.78 is 0. The molecule has 0 radical (unpaired) electrons. The van der Waals surface area contributed by atoms with Gasteiger partial charge in [0.1, 0.15) is 0 Å². The zero-order chi connectivity index (χ0) is 15.4. The molecule has 1 aliphatic rings. The van der Waals surface area contributed by atoms with Crippen LogP contribution in [0.4, 0.5) is 5.69 Å². The molecule has 0 bridgehead atoms. The Morgan fingerprint density at radius 3 is 2.48 bits per heavy atom. The molecule has 0 aromatic heterocycles. The highest BCUT2D eigenvalue weighted by Crippen LogP contribution is 2.38. The molecule has 118 valence electrons. The summed E-state index contributed by atoms with van der Waals surface area (Å²) in [4.78, 5) is 2.54. The van der Waals surface area contributed by atoms with Gasteiger partial charge in [-0.2, -0.15) is 0 Å². The highest BCUT2D eigenvalue weighted by molar-refractivity contribution is 6.33. The van der Waals surface area contributed by atoms with Crippen LogP contribution in [0.2, 0.25) is 5.02 Å². The maximum Gasteiger partial charge on any atom is 0.0643 e. The second-order valence-corrected chi connectivity index (χ2v) is 7.46. The van der Waals surface area contributed by atoms with Gasteiger partial charge >= 0.3 is 0 Å². The van der Waals surface area contributed by atoms with Crippen LogP contribution in [-0.2, 0) is 6.54 Å². The van der Waals surface area contributed by atoms with Gasteiger partial charge in [-0.15, -0.1) is 0 Å². The summed E-state index contributed by atoms with van der Waals surface area (Å²) in [6.07, 6.45) is 2.60. The lowest BCUT2D eigenvalue weighted by Crippen LogP contribution is -2.32. The van der Waals surface area contributed by atoms with Gasteiger partial charge in [-0.1, -0.05) is 51.4 Å². The predicted molar refractivity (Wildman–Crippen MR) is 93.2 cm³/mol. The second kappa shape index (κ2) is 7.51. The molecule has 2 rings (SSSR count). The zero-order valence-electron chi connectivity index (χ0n) is 13.8. The minimum Gasteiger partial charge on any atom is -0.367 e. The van der Waals surface area contributed by atoms with E-state index in [1.54, 1.807) is 0 Å². The van der Waals surface area contributed by atoms with Gasteiger partial charge in [0.05, 0.1) is 10.7 Å². The number of para-hydroxylation sites is 1. The van der Waals surface area contributed by atoms with Crippen LogP contribution < -0.4 is 10.2 Å². The first kappa shape index (κ1) is 16.6. The molecule has 0 unspecified atom stereocenters. The number of halogens is 1. The van der Waals surface area contributed by atoms with Crippen molar-refractivity contribution in [3.05, 3.63) is 28.8 Å². The summed E-state index contributed by atoms with van der Waals surface area (Å²) in [5.41, 5.74) is 2.59. The van der Waals surface area contributed by atoms with Gasteiger partial charge in [-0.25, -0.2) is 0 Å². The summed E-state index contributed by atoms with van der Waals surface area (Å²) >= 11 is 6.55. The van der Waals surface area contributed by atoms with Crippen molar-refractivity contribution in [1.29, 1.82) is 0 Å². The van der Waals surface area contributed by atoms with Gasteiger partial charge in [0.15, 0.2) is 0 Å². The Kier molecular flexibility index (Phi) is 5.95. The molecule has 0 atom stereocenters. The van der Waals surface area contributed by atoms with Crippen molar-refractivity contribution in [3.63, 3.8) is 0 Å². The molecular weight excluding hydrogens is 280 g/mol. The van der Waals surface area contributed by atoms with Crippen LogP contribution in [0.15, 0.2) is 18.2 Å². The van der Waals surface area contributed by atoms with Crippen molar-refractivity contribution in [3.8, 4) is 0 Å². The Morgan fingerprint density at radius 2 is 1.90 bits per heavy atom. The molecule has 3 heteroatoms. The fourth-order valence-corrected chi connectivity index (χ4v) is 3.03. The Balaban J connectivity index is 2.18. The van der Waals surface area contributed by atoms with E-state index in [-0.39, 0.29) is 0 Å². The van der Waals surface area contributed by atoms with E-state index in [1.807, 2.05) is 6.07 Å². The zero-order valence-corrected chi connectivity index (χ0v) is 14.6. The molecule has 0 saturated heterocycles. The Hall–Kier alpha value is -0.730. The van der Waals surface area contributed by atoms with Crippen LogP contribution in [0.3, 0.4) is 0 Å². The lowest BCUT2D eigenvalue weighted by Gasteiger charge is -2.30. The third-order valence-corrected chi connectivity index (χ3v) is 4.08. The Morgan fingerprint density at radius 1 is 1.19 bits per heavy atom. The van der Waals surface area contributed by atoms with Crippen LogP contribution in [0.5, 0.6) is 0 Å². The van der Waals surface area contributed by atoms with Gasteiger partial charge in [0.2, 0.25) is 0 Å². The number of hydrogen-bond acceptors (Lipinski definition) is 2. The Bertz CT molecular complexity index is 453. The van der Waals surface area contributed by atoms with E-state index in [4.69, 9.17) is 11.6 Å². The van der Waals surface area contributed by atoms with E-state index in [0.29, 0.717) is 17.9 Å². The standard InChI is InChI=1S/C18H29ClN2/c1-13(2)10-20-11-15-6-5-7-17(19)18(15)21(12-14(3)4)16-8-9-16/h5-7,13-14,16,20H,8-12H2,1-4H3.